The molecule has 41 heavy (non-hydrogen) atoms. The quantitative estimate of drug-likeness (QED) is 0.257. The molecule has 1 aliphatic carbocycles. The third kappa shape index (κ3) is 4.72. The Morgan fingerprint density at radius 1 is 0.902 bits per heavy atom. The summed E-state index contributed by atoms with van der Waals surface area (Å²) in [5, 5.41) is 0. The molecule has 0 N–H and O–H groups in total. The first kappa shape index (κ1) is 25.4. The van der Waals surface area contributed by atoms with Gasteiger partial charge in [0, 0.05) is 11.1 Å². The zero-order valence-corrected chi connectivity index (χ0v) is 22.7. The molecule has 202 valence electrons. The number of ether oxygens (including phenoxy) is 1. The van der Waals surface area contributed by atoms with E-state index in [1.165, 1.54) is 35.1 Å². The number of benzene rings is 4. The highest BCUT2D eigenvalue weighted by molar-refractivity contribution is 7.07. The Labute approximate surface area is 238 Å². The number of rotatable bonds is 5. The molecule has 4 nitrogen and oxygen atoms in total. The van der Waals surface area contributed by atoms with Crippen molar-refractivity contribution in [3.05, 3.63) is 162 Å². The summed E-state index contributed by atoms with van der Waals surface area (Å²) < 4.78 is 35.8. The molecule has 0 amide bonds. The van der Waals surface area contributed by atoms with Crippen LogP contribution in [0, 0.1) is 11.6 Å². The standard InChI is InChI=1S/C34H24F2N2O2S/c35-25-14-11-23(12-15-25)32-28-18-13-22-5-1-3-7-27(22)31(28)37-34-38(32)33(39)30(41-34)19-21-9-16-26(17-10-21)40-20-24-6-2-4-8-29(24)36/h1-12,14-17,19,32H,13,18,20H2/b30-19+/t32-/m1/s1. The molecule has 1 aliphatic heterocycles. The predicted molar refractivity (Wildman–Crippen MR) is 156 cm³/mol. The van der Waals surface area contributed by atoms with Crippen LogP contribution in [0.1, 0.15) is 40.3 Å². The predicted octanol–water partition coefficient (Wildman–Crippen LogP) is 6.18. The van der Waals surface area contributed by atoms with E-state index in [0.717, 1.165) is 40.8 Å². The molecule has 0 saturated heterocycles. The first-order chi connectivity index (χ1) is 20.0. The maximum Gasteiger partial charge on any atom is 0.271 e. The average molecular weight is 563 g/mol. The van der Waals surface area contributed by atoms with E-state index < -0.39 is 0 Å². The van der Waals surface area contributed by atoms with Gasteiger partial charge in [-0.1, -0.05) is 78.1 Å². The van der Waals surface area contributed by atoms with E-state index in [1.54, 1.807) is 47.0 Å². The van der Waals surface area contributed by atoms with E-state index in [-0.39, 0.29) is 29.8 Å². The van der Waals surface area contributed by atoms with Gasteiger partial charge >= 0.3 is 0 Å². The van der Waals surface area contributed by atoms with Crippen molar-refractivity contribution in [1.29, 1.82) is 0 Å². The lowest BCUT2D eigenvalue weighted by molar-refractivity contribution is 0.300. The van der Waals surface area contributed by atoms with Gasteiger partial charge in [-0.2, -0.15) is 0 Å². The number of halogens is 2. The first-order valence-corrected chi connectivity index (χ1v) is 14.2. The van der Waals surface area contributed by atoms with Crippen molar-refractivity contribution in [2.45, 2.75) is 25.5 Å². The maximum atomic E-state index is 13.9. The molecule has 0 fully saturated rings. The van der Waals surface area contributed by atoms with Crippen LogP contribution < -0.4 is 19.6 Å². The summed E-state index contributed by atoms with van der Waals surface area (Å²) in [7, 11) is 0. The Balaban J connectivity index is 1.27. The summed E-state index contributed by atoms with van der Waals surface area (Å²) in [6, 6.07) is 28.2. The lowest BCUT2D eigenvalue weighted by Gasteiger charge is -2.30. The maximum absolute atomic E-state index is 13.9. The number of hydrogen-bond acceptors (Lipinski definition) is 4. The molecule has 7 heteroatoms. The third-order valence-corrected chi connectivity index (χ3v) is 8.57. The number of aromatic nitrogens is 1. The van der Waals surface area contributed by atoms with E-state index in [1.807, 2.05) is 30.3 Å². The second-order valence-corrected chi connectivity index (χ2v) is 11.1. The normalized spacial score (nSPS) is 16.0. The Kier molecular flexibility index (Phi) is 6.44. The van der Waals surface area contributed by atoms with Crippen molar-refractivity contribution in [3.8, 4) is 5.75 Å². The molecule has 1 atom stereocenters. The van der Waals surface area contributed by atoms with Crippen molar-refractivity contribution < 1.29 is 13.5 Å². The van der Waals surface area contributed by atoms with E-state index in [0.29, 0.717) is 20.6 Å². The Morgan fingerprint density at radius 2 is 1.66 bits per heavy atom. The van der Waals surface area contributed by atoms with Gasteiger partial charge < -0.3 is 4.74 Å². The summed E-state index contributed by atoms with van der Waals surface area (Å²) in [5.74, 6) is -0.0104. The minimum Gasteiger partial charge on any atom is -0.489 e. The van der Waals surface area contributed by atoms with Crippen LogP contribution in [-0.4, -0.2) is 4.57 Å². The van der Waals surface area contributed by atoms with Gasteiger partial charge in [0.15, 0.2) is 4.80 Å². The van der Waals surface area contributed by atoms with Crippen molar-refractivity contribution in [2.75, 3.05) is 0 Å². The Morgan fingerprint density at radius 3 is 2.46 bits per heavy atom. The summed E-state index contributed by atoms with van der Waals surface area (Å²) in [5.41, 5.74) is 6.36. The lowest BCUT2D eigenvalue weighted by atomic mass is 9.83. The zero-order chi connectivity index (χ0) is 27.9. The summed E-state index contributed by atoms with van der Waals surface area (Å²) in [6.07, 6.45) is 3.48. The van der Waals surface area contributed by atoms with E-state index in [2.05, 4.69) is 12.1 Å². The topological polar surface area (TPSA) is 43.6 Å². The molecule has 0 spiro atoms. The molecular formula is C34H24F2N2O2S. The molecule has 1 aromatic heterocycles. The van der Waals surface area contributed by atoms with Crippen LogP contribution in [-0.2, 0) is 13.0 Å². The molecule has 0 radical (unpaired) electrons. The Bertz CT molecular complexity index is 1990. The van der Waals surface area contributed by atoms with Gasteiger partial charge in [0.2, 0.25) is 0 Å². The molecule has 0 unspecified atom stereocenters. The van der Waals surface area contributed by atoms with Crippen LogP contribution in [0.15, 0.2) is 112 Å². The third-order valence-electron chi connectivity index (χ3n) is 7.59. The number of fused-ring (bicyclic) bond motifs is 3. The average Bonchev–Trinajstić information content (AvgIpc) is 3.31. The minimum absolute atomic E-state index is 0.127. The number of thiazole rings is 1. The largest absolute Gasteiger partial charge is 0.489 e. The van der Waals surface area contributed by atoms with Crippen molar-refractivity contribution >= 4 is 23.1 Å². The highest BCUT2D eigenvalue weighted by atomic mass is 32.1. The molecule has 2 aliphatic rings. The van der Waals surface area contributed by atoms with Crippen LogP contribution in [0.25, 0.3) is 11.8 Å². The zero-order valence-electron chi connectivity index (χ0n) is 21.9. The van der Waals surface area contributed by atoms with Crippen LogP contribution in [0.5, 0.6) is 5.75 Å². The highest BCUT2D eigenvalue weighted by Crippen LogP contribution is 2.41. The fourth-order valence-electron chi connectivity index (χ4n) is 5.56. The smallest absolute Gasteiger partial charge is 0.271 e. The second-order valence-electron chi connectivity index (χ2n) is 10.1. The van der Waals surface area contributed by atoms with Crippen molar-refractivity contribution in [3.63, 3.8) is 0 Å². The fraction of sp³-hybridized carbons (Fsp3) is 0.118. The SMILES string of the molecule is O=c1/c(=C\c2ccc(OCc3ccccc3F)cc2)sc2n1[C@H](c1ccc(F)cc1)C1=C(N=2)c2ccccc2CC1. The molecule has 4 aromatic carbocycles. The van der Waals surface area contributed by atoms with Gasteiger partial charge in [-0.15, -0.1) is 0 Å². The first-order valence-electron chi connectivity index (χ1n) is 13.4. The molecule has 7 rings (SSSR count). The monoisotopic (exact) mass is 562 g/mol. The highest BCUT2D eigenvalue weighted by Gasteiger charge is 2.32. The Hall–Kier alpha value is -4.62. The van der Waals surface area contributed by atoms with E-state index in [4.69, 9.17) is 9.73 Å². The minimum atomic E-state index is -0.355. The summed E-state index contributed by atoms with van der Waals surface area (Å²) in [4.78, 5) is 19.5. The van der Waals surface area contributed by atoms with Crippen LogP contribution in [0.4, 0.5) is 8.78 Å². The number of aryl methyl sites for hydroxylation is 1. The van der Waals surface area contributed by atoms with E-state index in [9.17, 15) is 13.6 Å². The van der Waals surface area contributed by atoms with Gasteiger partial charge in [-0.25, -0.2) is 13.8 Å². The summed E-state index contributed by atoms with van der Waals surface area (Å²) in [6.45, 7) is 0.127. The molecule has 2 heterocycles. The number of nitrogens with zero attached hydrogens (tertiary/aromatic N) is 2. The van der Waals surface area contributed by atoms with Gasteiger partial charge in [-0.3, -0.25) is 9.36 Å². The number of allylic oxidation sites excluding steroid dienone is 1. The molecule has 0 bridgehead atoms. The van der Waals surface area contributed by atoms with Crippen LogP contribution in [0.3, 0.4) is 0 Å². The van der Waals surface area contributed by atoms with Gasteiger partial charge in [0.05, 0.1) is 16.3 Å². The molecular weight excluding hydrogens is 538 g/mol. The van der Waals surface area contributed by atoms with Gasteiger partial charge in [0.25, 0.3) is 5.56 Å². The van der Waals surface area contributed by atoms with Gasteiger partial charge in [0.1, 0.15) is 24.0 Å². The van der Waals surface area contributed by atoms with E-state index >= 15 is 0 Å². The molecule has 0 saturated carbocycles. The van der Waals surface area contributed by atoms with Crippen molar-refractivity contribution in [2.24, 2.45) is 4.99 Å². The lowest BCUT2D eigenvalue weighted by Crippen LogP contribution is -2.38. The van der Waals surface area contributed by atoms with Crippen molar-refractivity contribution in [1.82, 2.24) is 4.57 Å². The molecule has 5 aromatic rings. The number of hydrogen-bond donors (Lipinski definition) is 0. The van der Waals surface area contributed by atoms with Crippen LogP contribution in [0.2, 0.25) is 0 Å². The fourth-order valence-corrected chi connectivity index (χ4v) is 6.56. The second kappa shape index (κ2) is 10.4. The van der Waals surface area contributed by atoms with Crippen LogP contribution >= 0.6 is 11.3 Å². The van der Waals surface area contributed by atoms with Gasteiger partial charge in [-0.05, 0) is 71.5 Å². The summed E-state index contributed by atoms with van der Waals surface area (Å²) >= 11 is 1.35.